The Balaban J connectivity index is 1.64. The maximum absolute atomic E-state index is 4.12. The van der Waals surface area contributed by atoms with E-state index in [1.807, 2.05) is 12.4 Å². The minimum Gasteiger partial charge on any atom is -0.297 e. The molecule has 1 aromatic heterocycles. The second-order valence-electron chi connectivity index (χ2n) is 6.88. The minimum atomic E-state index is 0.737. The smallest absolute Gasteiger partial charge is 0.0271 e. The van der Waals surface area contributed by atoms with Crippen LogP contribution in [0, 0.1) is 5.92 Å². The van der Waals surface area contributed by atoms with Gasteiger partial charge in [-0.05, 0) is 50.3 Å². The van der Waals surface area contributed by atoms with E-state index < -0.39 is 0 Å². The molecule has 3 aliphatic heterocycles. The second-order valence-corrected chi connectivity index (χ2v) is 6.88. The van der Waals surface area contributed by atoms with E-state index in [-0.39, 0.29) is 0 Å². The molecule has 3 heteroatoms. The monoisotopic (exact) mass is 285 g/mol. The second kappa shape index (κ2) is 6.71. The predicted molar refractivity (Wildman–Crippen MR) is 87.0 cm³/mol. The fourth-order valence-corrected chi connectivity index (χ4v) is 3.68. The van der Waals surface area contributed by atoms with Gasteiger partial charge in [0.05, 0.1) is 0 Å². The summed E-state index contributed by atoms with van der Waals surface area (Å²) >= 11 is 0. The summed E-state index contributed by atoms with van der Waals surface area (Å²) in [6.07, 6.45) is 8.97. The molecule has 0 spiro atoms. The SMILES string of the molecule is CC(C)=CCN1C[C@H]2CC[C@@H]1CN(Cc1ccncc1)C2. The maximum atomic E-state index is 4.12. The van der Waals surface area contributed by atoms with Gasteiger partial charge >= 0.3 is 0 Å². The molecular formula is C18H27N3. The Bertz CT molecular complexity index is 478. The quantitative estimate of drug-likeness (QED) is 0.793. The average Bonchev–Trinajstić information content (AvgIpc) is 2.76. The van der Waals surface area contributed by atoms with Crippen LogP contribution in [0.1, 0.15) is 32.3 Å². The lowest BCUT2D eigenvalue weighted by Gasteiger charge is -2.35. The van der Waals surface area contributed by atoms with Gasteiger partial charge in [-0.2, -0.15) is 0 Å². The zero-order valence-electron chi connectivity index (χ0n) is 13.3. The van der Waals surface area contributed by atoms with Crippen LogP contribution in [0.2, 0.25) is 0 Å². The highest BCUT2D eigenvalue weighted by Crippen LogP contribution is 2.28. The number of rotatable bonds is 4. The lowest BCUT2D eigenvalue weighted by molar-refractivity contribution is 0.146. The van der Waals surface area contributed by atoms with Crippen molar-refractivity contribution < 1.29 is 0 Å². The first kappa shape index (κ1) is 14.7. The lowest BCUT2D eigenvalue weighted by atomic mass is 9.95. The van der Waals surface area contributed by atoms with Crippen molar-refractivity contribution in [3.8, 4) is 0 Å². The Morgan fingerprint density at radius 3 is 2.76 bits per heavy atom. The summed E-state index contributed by atoms with van der Waals surface area (Å²) < 4.78 is 0. The molecule has 0 saturated carbocycles. The van der Waals surface area contributed by atoms with Gasteiger partial charge in [0.25, 0.3) is 0 Å². The predicted octanol–water partition coefficient (Wildman–Crippen LogP) is 2.94. The molecule has 2 atom stereocenters. The molecule has 3 fully saturated rings. The van der Waals surface area contributed by atoms with Crippen LogP contribution in [0.4, 0.5) is 0 Å². The summed E-state index contributed by atoms with van der Waals surface area (Å²) in [4.78, 5) is 9.47. The van der Waals surface area contributed by atoms with Gasteiger partial charge in [0.1, 0.15) is 0 Å². The van der Waals surface area contributed by atoms with Crippen molar-refractivity contribution in [1.29, 1.82) is 0 Å². The summed E-state index contributed by atoms with van der Waals surface area (Å²) in [6.45, 7) is 10.4. The van der Waals surface area contributed by atoms with Gasteiger partial charge in [-0.3, -0.25) is 14.8 Å². The van der Waals surface area contributed by atoms with Crippen LogP contribution in [-0.4, -0.2) is 47.0 Å². The Morgan fingerprint density at radius 1 is 1.19 bits per heavy atom. The highest BCUT2D eigenvalue weighted by atomic mass is 15.3. The van der Waals surface area contributed by atoms with Gasteiger partial charge in [-0.25, -0.2) is 0 Å². The van der Waals surface area contributed by atoms with Crippen molar-refractivity contribution in [1.82, 2.24) is 14.8 Å². The molecule has 3 aliphatic rings. The average molecular weight is 285 g/mol. The Hall–Kier alpha value is -1.19. The van der Waals surface area contributed by atoms with Crippen molar-refractivity contribution in [2.24, 2.45) is 5.92 Å². The number of nitrogens with zero attached hydrogens (tertiary/aromatic N) is 3. The number of fused-ring (bicyclic) bond motifs is 4. The number of pyridine rings is 1. The summed E-state index contributed by atoms with van der Waals surface area (Å²) in [5, 5.41) is 0. The third kappa shape index (κ3) is 3.92. The van der Waals surface area contributed by atoms with Gasteiger partial charge in [-0.15, -0.1) is 0 Å². The number of hydrogen-bond donors (Lipinski definition) is 0. The summed E-state index contributed by atoms with van der Waals surface area (Å²) in [7, 11) is 0. The molecule has 0 aromatic carbocycles. The fourth-order valence-electron chi connectivity index (χ4n) is 3.68. The van der Waals surface area contributed by atoms with E-state index in [0.717, 1.165) is 25.0 Å². The van der Waals surface area contributed by atoms with Gasteiger partial charge in [0.2, 0.25) is 0 Å². The summed E-state index contributed by atoms with van der Waals surface area (Å²) in [5.74, 6) is 0.844. The molecule has 4 heterocycles. The largest absolute Gasteiger partial charge is 0.297 e. The van der Waals surface area contributed by atoms with Gasteiger partial charge in [-0.1, -0.05) is 11.6 Å². The molecule has 3 saturated heterocycles. The normalized spacial score (nSPS) is 26.6. The number of aromatic nitrogens is 1. The van der Waals surface area contributed by atoms with Crippen LogP contribution in [-0.2, 0) is 6.54 Å². The van der Waals surface area contributed by atoms with Gasteiger partial charge in [0.15, 0.2) is 0 Å². The van der Waals surface area contributed by atoms with Crippen molar-refractivity contribution in [3.05, 3.63) is 41.7 Å². The van der Waals surface area contributed by atoms with Crippen LogP contribution in [0.5, 0.6) is 0 Å². The van der Waals surface area contributed by atoms with Crippen molar-refractivity contribution in [2.45, 2.75) is 39.3 Å². The topological polar surface area (TPSA) is 19.4 Å². The van der Waals surface area contributed by atoms with Crippen molar-refractivity contribution >= 4 is 0 Å². The molecule has 0 aliphatic carbocycles. The van der Waals surface area contributed by atoms with E-state index in [2.05, 4.69) is 46.8 Å². The Labute approximate surface area is 128 Å². The minimum absolute atomic E-state index is 0.737. The van der Waals surface area contributed by atoms with E-state index in [0.29, 0.717) is 0 Å². The van der Waals surface area contributed by atoms with E-state index in [9.17, 15) is 0 Å². The molecule has 4 rings (SSSR count). The number of piperidine rings is 1. The zero-order chi connectivity index (χ0) is 14.7. The van der Waals surface area contributed by atoms with Gasteiger partial charge in [0, 0.05) is 51.2 Å². The maximum Gasteiger partial charge on any atom is 0.0271 e. The third-order valence-electron chi connectivity index (χ3n) is 4.79. The molecule has 0 amide bonds. The fraction of sp³-hybridized carbons (Fsp3) is 0.611. The van der Waals surface area contributed by atoms with E-state index >= 15 is 0 Å². The summed E-state index contributed by atoms with van der Waals surface area (Å²) in [6, 6.07) is 5.03. The van der Waals surface area contributed by atoms with Gasteiger partial charge < -0.3 is 0 Å². The van der Waals surface area contributed by atoms with Crippen LogP contribution in [0.25, 0.3) is 0 Å². The standard InChI is InChI=1S/C18H27N3/c1-15(2)7-10-21-13-17-3-4-18(21)14-20(12-17)11-16-5-8-19-9-6-16/h5-9,17-18H,3-4,10-14H2,1-2H3/t17-,18+/m0/s1. The number of allylic oxidation sites excluding steroid dienone is 1. The lowest BCUT2D eigenvalue weighted by Crippen LogP contribution is -2.43. The van der Waals surface area contributed by atoms with E-state index in [1.165, 1.54) is 43.6 Å². The molecule has 1 aromatic rings. The highest BCUT2D eigenvalue weighted by Gasteiger charge is 2.33. The first-order valence-electron chi connectivity index (χ1n) is 8.19. The van der Waals surface area contributed by atoms with E-state index in [4.69, 9.17) is 0 Å². The third-order valence-corrected chi connectivity index (χ3v) is 4.79. The highest BCUT2D eigenvalue weighted by molar-refractivity contribution is 5.10. The van der Waals surface area contributed by atoms with Crippen molar-refractivity contribution in [2.75, 3.05) is 26.2 Å². The van der Waals surface area contributed by atoms with Crippen molar-refractivity contribution in [3.63, 3.8) is 0 Å². The molecule has 2 bridgehead atoms. The molecular weight excluding hydrogens is 258 g/mol. The molecule has 21 heavy (non-hydrogen) atoms. The molecule has 3 nitrogen and oxygen atoms in total. The van der Waals surface area contributed by atoms with Crippen LogP contribution in [0.3, 0.4) is 0 Å². The first-order valence-corrected chi connectivity index (χ1v) is 8.19. The Morgan fingerprint density at radius 2 is 2.00 bits per heavy atom. The molecule has 0 N–H and O–H groups in total. The van der Waals surface area contributed by atoms with Crippen LogP contribution < -0.4 is 0 Å². The van der Waals surface area contributed by atoms with Crippen LogP contribution in [0.15, 0.2) is 36.2 Å². The number of hydrogen-bond acceptors (Lipinski definition) is 3. The summed E-state index contributed by atoms with van der Waals surface area (Å²) in [5.41, 5.74) is 2.82. The molecule has 114 valence electrons. The van der Waals surface area contributed by atoms with Crippen LogP contribution >= 0.6 is 0 Å². The first-order chi connectivity index (χ1) is 10.2. The zero-order valence-corrected chi connectivity index (χ0v) is 13.3. The Kier molecular flexibility index (Phi) is 4.71. The molecule has 0 radical (unpaired) electrons. The van der Waals surface area contributed by atoms with E-state index in [1.54, 1.807) is 0 Å². The molecule has 0 unspecified atom stereocenters.